The summed E-state index contributed by atoms with van der Waals surface area (Å²) < 4.78 is 16.1. The molecule has 2 heterocycles. The van der Waals surface area contributed by atoms with Gasteiger partial charge in [0.1, 0.15) is 5.82 Å². The number of hydrogen-bond donors (Lipinski definition) is 0. The van der Waals surface area contributed by atoms with E-state index in [1.54, 1.807) is 49.0 Å². The van der Waals surface area contributed by atoms with Crippen molar-refractivity contribution >= 4 is 16.8 Å². The molecule has 0 spiro atoms. The van der Waals surface area contributed by atoms with Crippen molar-refractivity contribution in [3.05, 3.63) is 64.7 Å². The second-order valence-electron chi connectivity index (χ2n) is 5.18. The first-order chi connectivity index (χ1) is 10.0. The number of hydrogen-bond acceptors (Lipinski definition) is 2. The smallest absolute Gasteiger partial charge is 0.180 e. The Bertz CT molecular complexity index is 870. The molecule has 0 unspecified atom stereocenters. The van der Waals surface area contributed by atoms with Gasteiger partial charge in [0.25, 0.3) is 0 Å². The summed E-state index contributed by atoms with van der Waals surface area (Å²) in [4.78, 5) is 17.0. The van der Waals surface area contributed by atoms with Crippen LogP contribution in [0.1, 0.15) is 27.0 Å². The van der Waals surface area contributed by atoms with E-state index >= 15 is 0 Å². The topological polar surface area (TPSA) is 34.9 Å². The second-order valence-corrected chi connectivity index (χ2v) is 5.18. The van der Waals surface area contributed by atoms with E-state index in [1.807, 2.05) is 7.05 Å². The van der Waals surface area contributed by atoms with E-state index < -0.39 is 5.82 Å². The van der Waals surface area contributed by atoms with E-state index in [0.717, 1.165) is 0 Å². The number of ketones is 1. The molecule has 3 rings (SSSR count). The average molecular weight is 370 g/mol. The van der Waals surface area contributed by atoms with Gasteiger partial charge in [-0.25, -0.2) is 16.5 Å². The van der Waals surface area contributed by atoms with Crippen molar-refractivity contribution in [1.82, 2.24) is 9.55 Å². The zero-order chi connectivity index (χ0) is 15.1. The van der Waals surface area contributed by atoms with Crippen LogP contribution in [0.15, 0.2) is 30.6 Å². The van der Waals surface area contributed by atoms with Gasteiger partial charge in [0, 0.05) is 39.8 Å². The molecule has 3 nitrogen and oxygen atoms in total. The minimum absolute atomic E-state index is 0. The molecule has 2 aromatic heterocycles. The Balaban J connectivity index is 0.00000176. The molecular formula is C17H14FN2OY-. The van der Waals surface area contributed by atoms with Crippen LogP contribution in [0.2, 0.25) is 0 Å². The Hall–Kier alpha value is -1.39. The minimum Gasteiger partial charge on any atom is -0.351 e. The molecule has 5 heteroatoms. The van der Waals surface area contributed by atoms with Gasteiger partial charge in [-0.3, -0.25) is 9.78 Å². The van der Waals surface area contributed by atoms with Crippen molar-refractivity contribution in [3.8, 4) is 0 Å². The summed E-state index contributed by atoms with van der Waals surface area (Å²) in [6.07, 6.45) is 3.24. The Morgan fingerprint density at radius 3 is 2.68 bits per heavy atom. The number of aromatic nitrogens is 2. The molecule has 0 atom stereocenters. The maximum atomic E-state index is 14.4. The molecule has 0 fully saturated rings. The van der Waals surface area contributed by atoms with Gasteiger partial charge in [0.15, 0.2) is 5.78 Å². The molecule has 0 aliphatic rings. The predicted octanol–water partition coefficient (Wildman–Crippen LogP) is 3.36. The molecule has 22 heavy (non-hydrogen) atoms. The van der Waals surface area contributed by atoms with Gasteiger partial charge in [-0.1, -0.05) is 18.3 Å². The molecule has 0 N–H and O–H groups in total. The van der Waals surface area contributed by atoms with Crippen LogP contribution in [0.25, 0.3) is 11.0 Å². The molecule has 0 aliphatic carbocycles. The first-order valence-electron chi connectivity index (χ1n) is 6.62. The summed E-state index contributed by atoms with van der Waals surface area (Å²) in [5.74, 6) is -0.773. The number of nitrogens with zero attached hydrogens (tertiary/aromatic N) is 2. The summed E-state index contributed by atoms with van der Waals surface area (Å²) in [5, 5.41) is 0.685. The van der Waals surface area contributed by atoms with Crippen LogP contribution in [0.3, 0.4) is 0 Å². The zero-order valence-corrected chi connectivity index (χ0v) is 15.5. The zero-order valence-electron chi connectivity index (χ0n) is 12.6. The number of aryl methyl sites for hydroxylation is 3. The fourth-order valence-electron chi connectivity index (χ4n) is 2.53. The van der Waals surface area contributed by atoms with Crippen molar-refractivity contribution in [3.63, 3.8) is 0 Å². The summed E-state index contributed by atoms with van der Waals surface area (Å²) >= 11 is 0. The number of pyridine rings is 1. The Kier molecular flexibility index (Phi) is 4.93. The largest absolute Gasteiger partial charge is 0.351 e. The number of halogens is 1. The molecule has 109 valence electrons. The first kappa shape index (κ1) is 17.0. The summed E-state index contributed by atoms with van der Waals surface area (Å²) in [7, 11) is 1.81. The van der Waals surface area contributed by atoms with Crippen LogP contribution in [-0.2, 0) is 39.8 Å². The molecule has 0 aliphatic heterocycles. The van der Waals surface area contributed by atoms with Crippen molar-refractivity contribution in [1.29, 1.82) is 0 Å². The van der Waals surface area contributed by atoms with Crippen LogP contribution in [0, 0.1) is 25.7 Å². The molecule has 0 saturated heterocycles. The number of benzene rings is 1. The Labute approximate surface area is 153 Å². The van der Waals surface area contributed by atoms with Gasteiger partial charge < -0.3 is 4.57 Å². The van der Waals surface area contributed by atoms with E-state index in [9.17, 15) is 9.18 Å². The van der Waals surface area contributed by atoms with Gasteiger partial charge in [-0.15, -0.1) is 5.39 Å². The molecule has 0 bridgehead atoms. The Morgan fingerprint density at radius 2 is 1.95 bits per heavy atom. The van der Waals surface area contributed by atoms with E-state index in [2.05, 4.69) is 11.1 Å². The number of carbonyl (C=O) groups excluding carboxylic acids is 1. The third-order valence-electron chi connectivity index (χ3n) is 3.69. The number of rotatable bonds is 2. The quantitative estimate of drug-likeness (QED) is 0.512. The fourth-order valence-corrected chi connectivity index (χ4v) is 2.53. The predicted molar refractivity (Wildman–Crippen MR) is 78.9 cm³/mol. The molecular weight excluding hydrogens is 356 g/mol. The van der Waals surface area contributed by atoms with E-state index in [4.69, 9.17) is 0 Å². The second kappa shape index (κ2) is 6.39. The van der Waals surface area contributed by atoms with Crippen LogP contribution < -0.4 is 0 Å². The van der Waals surface area contributed by atoms with E-state index in [-0.39, 0.29) is 44.1 Å². The molecule has 3 aromatic rings. The molecule has 1 aromatic carbocycles. The van der Waals surface area contributed by atoms with Crippen molar-refractivity contribution in [2.45, 2.75) is 13.8 Å². The summed E-state index contributed by atoms with van der Waals surface area (Å²) in [5.41, 5.74) is 2.36. The summed E-state index contributed by atoms with van der Waals surface area (Å²) in [6, 6.07) is 8.02. The third-order valence-corrected chi connectivity index (χ3v) is 3.69. The number of carbonyl (C=O) groups is 1. The van der Waals surface area contributed by atoms with Crippen LogP contribution in [0.4, 0.5) is 4.39 Å². The van der Waals surface area contributed by atoms with Crippen LogP contribution in [-0.4, -0.2) is 15.3 Å². The van der Waals surface area contributed by atoms with Gasteiger partial charge in [0.2, 0.25) is 0 Å². The minimum atomic E-state index is -0.454. The molecule has 0 amide bonds. The molecule has 0 saturated carbocycles. The van der Waals surface area contributed by atoms with Crippen LogP contribution >= 0.6 is 0 Å². The SMILES string of the molecule is Cc1ccc(C)c(C(=O)c2cn(C)c3nc[c-]cc23)c1F.[Y]. The van der Waals surface area contributed by atoms with Gasteiger partial charge >= 0.3 is 0 Å². The van der Waals surface area contributed by atoms with Crippen molar-refractivity contribution in [2.24, 2.45) is 7.05 Å². The average Bonchev–Trinajstić information content (AvgIpc) is 2.81. The van der Waals surface area contributed by atoms with Gasteiger partial charge in [0.05, 0.1) is 11.2 Å². The standard InChI is InChI=1S/C17H14FN2O.Y/c1-10-6-7-11(2)15(18)14(10)16(21)13-9-20(3)17-12(13)5-4-8-19-17;/h5-9H,1-3H3;/q-1;. The van der Waals surface area contributed by atoms with E-state index in [0.29, 0.717) is 27.7 Å². The third kappa shape index (κ3) is 2.66. The monoisotopic (exact) mass is 370 g/mol. The fraction of sp³-hybridized carbons (Fsp3) is 0.176. The molecule has 1 radical (unpaired) electrons. The normalized spacial score (nSPS) is 10.5. The van der Waals surface area contributed by atoms with Crippen molar-refractivity contribution < 1.29 is 41.9 Å². The first-order valence-corrected chi connectivity index (χ1v) is 6.62. The number of fused-ring (bicyclic) bond motifs is 1. The summed E-state index contributed by atoms with van der Waals surface area (Å²) in [6.45, 7) is 3.40. The van der Waals surface area contributed by atoms with E-state index in [1.165, 1.54) is 0 Å². The van der Waals surface area contributed by atoms with Gasteiger partial charge in [-0.2, -0.15) is 0 Å². The van der Waals surface area contributed by atoms with Gasteiger partial charge in [-0.05, 0) is 36.7 Å². The maximum Gasteiger partial charge on any atom is 0.180 e. The Morgan fingerprint density at radius 1 is 1.27 bits per heavy atom. The van der Waals surface area contributed by atoms with Crippen molar-refractivity contribution in [2.75, 3.05) is 0 Å². The van der Waals surface area contributed by atoms with Crippen LogP contribution in [0.5, 0.6) is 0 Å². The maximum absolute atomic E-state index is 14.4.